The van der Waals surface area contributed by atoms with Crippen molar-refractivity contribution < 1.29 is 4.39 Å². The third kappa shape index (κ3) is 2.90. The first-order valence-corrected chi connectivity index (χ1v) is 5.20. The summed E-state index contributed by atoms with van der Waals surface area (Å²) in [7, 11) is 0. The maximum absolute atomic E-state index is 13.2. The summed E-state index contributed by atoms with van der Waals surface area (Å²) in [6.07, 6.45) is 1.61. The van der Waals surface area contributed by atoms with Crippen LogP contribution in [0.5, 0.6) is 0 Å². The van der Waals surface area contributed by atoms with Crippen molar-refractivity contribution in [2.75, 3.05) is 0 Å². The SMILES string of the molecule is Cc1nccc(C#Cc2cc(F)cc(C#N)c2)n1. The van der Waals surface area contributed by atoms with Crippen LogP contribution in [0, 0.1) is 35.9 Å². The summed E-state index contributed by atoms with van der Waals surface area (Å²) in [5.41, 5.74) is 1.26. The Morgan fingerprint density at radius 2 is 1.94 bits per heavy atom. The van der Waals surface area contributed by atoms with Crippen molar-refractivity contribution in [3.05, 3.63) is 58.9 Å². The molecule has 0 amide bonds. The number of rotatable bonds is 0. The van der Waals surface area contributed by atoms with Crippen LogP contribution in [0.4, 0.5) is 4.39 Å². The Labute approximate surface area is 104 Å². The highest BCUT2D eigenvalue weighted by Crippen LogP contribution is 2.07. The number of nitrogens with zero attached hydrogens (tertiary/aromatic N) is 3. The number of nitriles is 1. The van der Waals surface area contributed by atoms with Crippen LogP contribution in [-0.2, 0) is 0 Å². The molecule has 2 aromatic rings. The first kappa shape index (κ1) is 11.8. The van der Waals surface area contributed by atoms with Gasteiger partial charge in [-0.15, -0.1) is 0 Å². The molecule has 0 aliphatic carbocycles. The van der Waals surface area contributed by atoms with Crippen molar-refractivity contribution in [1.82, 2.24) is 9.97 Å². The maximum Gasteiger partial charge on any atom is 0.126 e. The molecule has 0 N–H and O–H groups in total. The summed E-state index contributed by atoms with van der Waals surface area (Å²) >= 11 is 0. The monoisotopic (exact) mass is 237 g/mol. The lowest BCUT2D eigenvalue weighted by Gasteiger charge is -1.94. The fraction of sp³-hybridized carbons (Fsp3) is 0.0714. The van der Waals surface area contributed by atoms with Gasteiger partial charge in [-0.2, -0.15) is 5.26 Å². The summed E-state index contributed by atoms with van der Waals surface area (Å²) in [5.74, 6) is 5.72. The number of halogens is 1. The Kier molecular flexibility index (Phi) is 3.31. The lowest BCUT2D eigenvalue weighted by molar-refractivity contribution is 0.627. The van der Waals surface area contributed by atoms with Gasteiger partial charge in [0.2, 0.25) is 0 Å². The van der Waals surface area contributed by atoms with Crippen molar-refractivity contribution in [2.45, 2.75) is 6.92 Å². The second kappa shape index (κ2) is 5.07. The highest BCUT2D eigenvalue weighted by atomic mass is 19.1. The molecule has 18 heavy (non-hydrogen) atoms. The molecule has 3 nitrogen and oxygen atoms in total. The van der Waals surface area contributed by atoms with Gasteiger partial charge in [0.15, 0.2) is 0 Å². The van der Waals surface area contributed by atoms with Crippen molar-refractivity contribution in [2.24, 2.45) is 0 Å². The zero-order valence-corrected chi connectivity index (χ0v) is 9.61. The molecule has 0 spiro atoms. The number of benzene rings is 1. The second-order valence-electron chi connectivity index (χ2n) is 3.58. The first-order chi connectivity index (χ1) is 8.67. The van der Waals surface area contributed by atoms with E-state index in [9.17, 15) is 4.39 Å². The predicted octanol–water partition coefficient (Wildman–Crippen LogP) is 2.20. The van der Waals surface area contributed by atoms with Crippen molar-refractivity contribution >= 4 is 0 Å². The molecule has 0 aliphatic rings. The van der Waals surface area contributed by atoms with E-state index in [1.165, 1.54) is 18.2 Å². The third-order valence-electron chi connectivity index (χ3n) is 2.14. The fourth-order valence-electron chi connectivity index (χ4n) is 1.39. The standard InChI is InChI=1S/C14H8FN3/c1-10-17-5-4-14(18-10)3-2-11-6-12(9-16)8-13(15)7-11/h4-8H,1H3. The summed E-state index contributed by atoms with van der Waals surface area (Å²) in [6, 6.07) is 7.53. The van der Waals surface area contributed by atoms with Crippen LogP contribution in [-0.4, -0.2) is 9.97 Å². The van der Waals surface area contributed by atoms with Crippen LogP contribution < -0.4 is 0 Å². The quantitative estimate of drug-likeness (QED) is 0.660. The third-order valence-corrected chi connectivity index (χ3v) is 2.14. The summed E-state index contributed by atoms with van der Waals surface area (Å²) in [4.78, 5) is 8.06. The van der Waals surface area contributed by atoms with E-state index in [0.29, 0.717) is 17.1 Å². The van der Waals surface area contributed by atoms with E-state index in [0.717, 1.165) is 0 Å². The van der Waals surface area contributed by atoms with Gasteiger partial charge in [-0.05, 0) is 37.1 Å². The summed E-state index contributed by atoms with van der Waals surface area (Å²) in [6.45, 7) is 1.77. The van der Waals surface area contributed by atoms with E-state index in [4.69, 9.17) is 5.26 Å². The van der Waals surface area contributed by atoms with Crippen LogP contribution in [0.1, 0.15) is 22.6 Å². The molecular formula is C14H8FN3. The largest absolute Gasteiger partial charge is 0.242 e. The van der Waals surface area contributed by atoms with Crippen molar-refractivity contribution in [3.8, 4) is 17.9 Å². The minimum Gasteiger partial charge on any atom is -0.242 e. The lowest BCUT2D eigenvalue weighted by atomic mass is 10.1. The van der Waals surface area contributed by atoms with Gasteiger partial charge in [0.25, 0.3) is 0 Å². The van der Waals surface area contributed by atoms with Crippen LogP contribution in [0.25, 0.3) is 0 Å². The molecule has 4 heteroatoms. The molecule has 0 radical (unpaired) electrons. The molecule has 0 aliphatic heterocycles. The Hall–Kier alpha value is -2.72. The molecule has 0 saturated carbocycles. The Balaban J connectivity index is 2.36. The maximum atomic E-state index is 13.2. The van der Waals surface area contributed by atoms with Gasteiger partial charge >= 0.3 is 0 Å². The van der Waals surface area contributed by atoms with Gasteiger partial charge in [-0.3, -0.25) is 0 Å². The van der Waals surface area contributed by atoms with Gasteiger partial charge in [0.05, 0.1) is 11.6 Å². The molecule has 1 aromatic heterocycles. The Bertz CT molecular complexity index is 690. The first-order valence-electron chi connectivity index (χ1n) is 5.20. The molecule has 1 heterocycles. The summed E-state index contributed by atoms with van der Waals surface area (Å²) < 4.78 is 13.2. The van der Waals surface area contributed by atoms with E-state index < -0.39 is 5.82 Å². The van der Waals surface area contributed by atoms with E-state index in [-0.39, 0.29) is 5.56 Å². The van der Waals surface area contributed by atoms with Crippen molar-refractivity contribution in [1.29, 1.82) is 5.26 Å². The molecule has 1 aromatic carbocycles. The van der Waals surface area contributed by atoms with E-state index >= 15 is 0 Å². The molecule has 2 rings (SSSR count). The minimum atomic E-state index is -0.475. The van der Waals surface area contributed by atoms with Gasteiger partial charge in [0.1, 0.15) is 17.3 Å². The summed E-state index contributed by atoms with van der Waals surface area (Å²) in [5, 5.41) is 8.72. The molecule has 86 valence electrons. The topological polar surface area (TPSA) is 49.6 Å². The molecule has 0 bridgehead atoms. The molecule has 0 atom stereocenters. The van der Waals surface area contributed by atoms with Gasteiger partial charge < -0.3 is 0 Å². The van der Waals surface area contributed by atoms with E-state index in [1.54, 1.807) is 19.2 Å². The average molecular weight is 237 g/mol. The molecule has 0 unspecified atom stereocenters. The minimum absolute atomic E-state index is 0.248. The Morgan fingerprint density at radius 3 is 2.67 bits per heavy atom. The normalized spacial score (nSPS) is 9.17. The molecular weight excluding hydrogens is 229 g/mol. The zero-order valence-electron chi connectivity index (χ0n) is 9.61. The smallest absolute Gasteiger partial charge is 0.126 e. The van der Waals surface area contributed by atoms with Gasteiger partial charge in [-0.25, -0.2) is 14.4 Å². The van der Waals surface area contributed by atoms with E-state index in [1.807, 2.05) is 6.07 Å². The zero-order chi connectivity index (χ0) is 13.0. The lowest BCUT2D eigenvalue weighted by Crippen LogP contribution is -1.89. The average Bonchev–Trinajstić information content (AvgIpc) is 2.36. The number of aromatic nitrogens is 2. The fourth-order valence-corrected chi connectivity index (χ4v) is 1.39. The Morgan fingerprint density at radius 1 is 1.17 bits per heavy atom. The number of hydrogen-bond donors (Lipinski definition) is 0. The molecule has 0 fully saturated rings. The predicted molar refractivity (Wildman–Crippen MR) is 63.9 cm³/mol. The highest BCUT2D eigenvalue weighted by Gasteiger charge is 1.98. The number of aryl methyl sites for hydroxylation is 1. The second-order valence-corrected chi connectivity index (χ2v) is 3.58. The van der Waals surface area contributed by atoms with Crippen LogP contribution in [0.2, 0.25) is 0 Å². The highest BCUT2D eigenvalue weighted by molar-refractivity contribution is 5.44. The van der Waals surface area contributed by atoms with Crippen molar-refractivity contribution in [3.63, 3.8) is 0 Å². The van der Waals surface area contributed by atoms with Crippen LogP contribution in [0.3, 0.4) is 0 Å². The van der Waals surface area contributed by atoms with Gasteiger partial charge in [-0.1, -0.05) is 5.92 Å². The van der Waals surface area contributed by atoms with Crippen LogP contribution in [0.15, 0.2) is 30.5 Å². The van der Waals surface area contributed by atoms with Gasteiger partial charge in [0, 0.05) is 11.8 Å². The molecule has 0 saturated heterocycles. The van der Waals surface area contributed by atoms with E-state index in [2.05, 4.69) is 21.8 Å². The van der Waals surface area contributed by atoms with Crippen LogP contribution >= 0.6 is 0 Å². The number of hydrogen-bond acceptors (Lipinski definition) is 3.